The van der Waals surface area contributed by atoms with Gasteiger partial charge in [-0.05, 0) is 34.9 Å². The molecule has 0 spiro atoms. The summed E-state index contributed by atoms with van der Waals surface area (Å²) in [6, 6.07) is 41.0. The lowest BCUT2D eigenvalue weighted by atomic mass is 9.89. The van der Waals surface area contributed by atoms with Crippen molar-refractivity contribution in [3.05, 3.63) is 167 Å². The number of nitrogens with zero attached hydrogens (tertiary/aromatic N) is 2. The van der Waals surface area contributed by atoms with E-state index in [1.165, 1.54) is 16.7 Å². The molecule has 5 aromatic rings. The number of hydrogen-bond donors (Lipinski definition) is 1. The monoisotopic (exact) mass is 547 g/mol. The zero-order valence-electron chi connectivity index (χ0n) is 23.5. The molecule has 206 valence electrons. The molecule has 4 aromatic carbocycles. The molecule has 8 rings (SSSR count). The maximum absolute atomic E-state index is 6.84. The molecule has 0 unspecified atom stereocenters. The van der Waals surface area contributed by atoms with E-state index in [0.717, 1.165) is 59.0 Å². The molecule has 4 heterocycles. The number of aromatic amines is 1. The number of ether oxygens (including phenoxy) is 1. The number of aromatic nitrogens is 1. The van der Waals surface area contributed by atoms with Crippen LogP contribution in [0.15, 0.2) is 145 Å². The third-order valence-corrected chi connectivity index (χ3v) is 9.08. The Labute approximate surface area is 246 Å². The number of benzene rings is 4. The topological polar surface area (TPSA) is 31.5 Å². The van der Waals surface area contributed by atoms with Gasteiger partial charge >= 0.3 is 0 Å². The van der Waals surface area contributed by atoms with Crippen LogP contribution in [-0.2, 0) is 0 Å². The van der Waals surface area contributed by atoms with Crippen molar-refractivity contribution in [3.8, 4) is 5.75 Å². The highest BCUT2D eigenvalue weighted by atomic mass is 16.5. The van der Waals surface area contributed by atoms with Crippen molar-refractivity contribution >= 4 is 17.0 Å². The highest BCUT2D eigenvalue weighted by molar-refractivity contribution is 5.88. The molecule has 4 heteroatoms. The van der Waals surface area contributed by atoms with Gasteiger partial charge in [-0.2, -0.15) is 0 Å². The summed E-state index contributed by atoms with van der Waals surface area (Å²) in [4.78, 5) is 8.87. The fourth-order valence-corrected chi connectivity index (χ4v) is 7.01. The molecule has 2 atom stereocenters. The normalized spacial score (nSPS) is 19.5. The SMILES string of the molecule is C=C1[C@@H]2CC3=C(/C=C/c4ccccc4)N2[C@@H](CN1CC(c1ccccc1)c1ccccc1)c1[nH]c2ccccc2c1O3. The standard InChI is InChI=1S/C38H33N3O/c1-26-34-23-36-33(22-21-27-13-5-2-6-14-27)41(34)35(37-38(42-36)30-19-11-12-20-32(30)39-37)25-40(26)24-31(28-15-7-3-8-16-28)29-17-9-4-10-18-29/h2-22,31,34-35,39H,1,23-25H2/b22-21+/t34-,35-/m0/s1. The van der Waals surface area contributed by atoms with E-state index in [4.69, 9.17) is 11.3 Å². The zero-order chi connectivity index (χ0) is 28.0. The average molecular weight is 548 g/mol. The van der Waals surface area contributed by atoms with Crippen LogP contribution in [0.3, 0.4) is 0 Å². The number of nitrogens with one attached hydrogen (secondary N) is 1. The van der Waals surface area contributed by atoms with Crippen LogP contribution in [0.5, 0.6) is 5.75 Å². The first-order chi connectivity index (χ1) is 20.7. The van der Waals surface area contributed by atoms with Crippen LogP contribution in [0, 0.1) is 0 Å². The second-order valence-corrected chi connectivity index (χ2v) is 11.5. The van der Waals surface area contributed by atoms with E-state index in [2.05, 4.69) is 142 Å². The van der Waals surface area contributed by atoms with Crippen molar-refractivity contribution in [1.29, 1.82) is 0 Å². The Morgan fingerprint density at radius 1 is 0.786 bits per heavy atom. The Bertz CT molecular complexity index is 1780. The van der Waals surface area contributed by atoms with E-state index in [9.17, 15) is 0 Å². The second-order valence-electron chi connectivity index (χ2n) is 11.5. The molecule has 42 heavy (non-hydrogen) atoms. The summed E-state index contributed by atoms with van der Waals surface area (Å²) < 4.78 is 6.84. The van der Waals surface area contributed by atoms with Crippen LogP contribution in [-0.4, -0.2) is 33.9 Å². The van der Waals surface area contributed by atoms with Gasteiger partial charge < -0.3 is 19.5 Å². The summed E-state index contributed by atoms with van der Waals surface area (Å²) in [5, 5.41) is 1.14. The van der Waals surface area contributed by atoms with Crippen LogP contribution in [0.2, 0.25) is 0 Å². The van der Waals surface area contributed by atoms with E-state index in [1.807, 2.05) is 0 Å². The lowest BCUT2D eigenvalue weighted by molar-refractivity contribution is 0.101. The average Bonchev–Trinajstić information content (AvgIpc) is 3.56. The summed E-state index contributed by atoms with van der Waals surface area (Å²) in [6.45, 7) is 6.42. The molecule has 1 aromatic heterocycles. The van der Waals surface area contributed by atoms with Crippen molar-refractivity contribution in [2.24, 2.45) is 0 Å². The molecule has 0 amide bonds. The lowest BCUT2D eigenvalue weighted by Crippen LogP contribution is -2.51. The molecule has 0 saturated carbocycles. The molecule has 0 radical (unpaired) electrons. The number of fused-ring (bicyclic) bond motifs is 4. The van der Waals surface area contributed by atoms with Crippen molar-refractivity contribution in [2.75, 3.05) is 13.1 Å². The van der Waals surface area contributed by atoms with Gasteiger partial charge in [0, 0.05) is 42.0 Å². The highest BCUT2D eigenvalue weighted by Gasteiger charge is 2.48. The third-order valence-electron chi connectivity index (χ3n) is 9.08. The Kier molecular flexibility index (Phi) is 5.99. The summed E-state index contributed by atoms with van der Waals surface area (Å²) in [7, 11) is 0. The Morgan fingerprint density at radius 2 is 1.43 bits per heavy atom. The molecule has 3 aliphatic rings. The molecule has 4 nitrogen and oxygen atoms in total. The number of hydrogen-bond acceptors (Lipinski definition) is 3. The van der Waals surface area contributed by atoms with Gasteiger partial charge in [-0.3, -0.25) is 0 Å². The molecule has 2 bridgehead atoms. The number of allylic oxidation sites excluding steroid dienone is 1. The van der Waals surface area contributed by atoms with E-state index < -0.39 is 0 Å². The molecule has 1 fully saturated rings. The zero-order valence-corrected chi connectivity index (χ0v) is 23.5. The fraction of sp³-hybridized carbons (Fsp3) is 0.158. The molecule has 0 aliphatic carbocycles. The van der Waals surface area contributed by atoms with Crippen LogP contribution in [0.1, 0.15) is 40.8 Å². The van der Waals surface area contributed by atoms with Crippen molar-refractivity contribution < 1.29 is 4.74 Å². The van der Waals surface area contributed by atoms with E-state index in [-0.39, 0.29) is 18.0 Å². The van der Waals surface area contributed by atoms with Crippen LogP contribution >= 0.6 is 0 Å². The minimum absolute atomic E-state index is 0.102. The van der Waals surface area contributed by atoms with Crippen LogP contribution in [0.25, 0.3) is 17.0 Å². The molecular formula is C38H33N3O. The summed E-state index contributed by atoms with van der Waals surface area (Å²) >= 11 is 0. The van der Waals surface area contributed by atoms with Crippen molar-refractivity contribution in [3.63, 3.8) is 0 Å². The van der Waals surface area contributed by atoms with Gasteiger partial charge in [0.25, 0.3) is 0 Å². The lowest BCUT2D eigenvalue weighted by Gasteiger charge is -2.48. The quantitative estimate of drug-likeness (QED) is 0.232. The minimum atomic E-state index is 0.102. The number of para-hydroxylation sites is 1. The smallest absolute Gasteiger partial charge is 0.157 e. The van der Waals surface area contributed by atoms with E-state index >= 15 is 0 Å². The van der Waals surface area contributed by atoms with Crippen molar-refractivity contribution in [1.82, 2.24) is 14.8 Å². The first-order valence-corrected chi connectivity index (χ1v) is 14.8. The van der Waals surface area contributed by atoms with E-state index in [0.29, 0.717) is 0 Å². The minimum Gasteiger partial charge on any atom is -0.457 e. The first-order valence-electron chi connectivity index (χ1n) is 14.8. The molecular weight excluding hydrogens is 514 g/mol. The van der Waals surface area contributed by atoms with Crippen molar-refractivity contribution in [2.45, 2.75) is 24.4 Å². The number of piperazine rings is 1. The van der Waals surface area contributed by atoms with Gasteiger partial charge in [0.1, 0.15) is 5.76 Å². The van der Waals surface area contributed by atoms with Gasteiger partial charge in [0.05, 0.1) is 23.5 Å². The first kappa shape index (κ1) is 24.8. The maximum Gasteiger partial charge on any atom is 0.157 e. The third kappa shape index (κ3) is 4.14. The Hall–Kier alpha value is -4.96. The number of H-pyrrole nitrogens is 1. The molecule has 1 N–H and O–H groups in total. The maximum atomic E-state index is 6.84. The molecule has 1 saturated heterocycles. The van der Waals surface area contributed by atoms with Gasteiger partial charge in [0.15, 0.2) is 5.75 Å². The van der Waals surface area contributed by atoms with Gasteiger partial charge in [-0.15, -0.1) is 0 Å². The predicted molar refractivity (Wildman–Crippen MR) is 170 cm³/mol. The second kappa shape index (κ2) is 10.1. The Morgan fingerprint density at radius 3 is 2.14 bits per heavy atom. The van der Waals surface area contributed by atoms with Crippen LogP contribution in [0.4, 0.5) is 0 Å². The molecule has 3 aliphatic heterocycles. The number of rotatable bonds is 6. The fourth-order valence-electron chi connectivity index (χ4n) is 7.01. The van der Waals surface area contributed by atoms with Gasteiger partial charge in [0.2, 0.25) is 0 Å². The van der Waals surface area contributed by atoms with E-state index in [1.54, 1.807) is 0 Å². The summed E-state index contributed by atoms with van der Waals surface area (Å²) in [6.07, 6.45) is 5.25. The Balaban J connectivity index is 1.21. The van der Waals surface area contributed by atoms with Crippen LogP contribution < -0.4 is 4.74 Å². The largest absolute Gasteiger partial charge is 0.457 e. The van der Waals surface area contributed by atoms with Gasteiger partial charge in [-0.1, -0.05) is 116 Å². The highest BCUT2D eigenvalue weighted by Crippen LogP contribution is 2.52. The predicted octanol–water partition coefficient (Wildman–Crippen LogP) is 8.26. The van der Waals surface area contributed by atoms with Gasteiger partial charge in [-0.25, -0.2) is 0 Å². The summed E-state index contributed by atoms with van der Waals surface area (Å²) in [5.41, 5.74) is 8.42. The summed E-state index contributed by atoms with van der Waals surface area (Å²) in [5.74, 6) is 2.22.